The first-order valence-electron chi connectivity index (χ1n) is 21.9. The minimum absolute atomic E-state index is 0.0396. The molecule has 11 rings (SSSR count). The van der Waals surface area contributed by atoms with Crippen molar-refractivity contribution < 1.29 is 17.8 Å². The highest BCUT2D eigenvalue weighted by Gasteiger charge is 2.24. The van der Waals surface area contributed by atoms with Crippen molar-refractivity contribution in [3.05, 3.63) is 163 Å². The van der Waals surface area contributed by atoms with Crippen LogP contribution in [0.1, 0.15) is 56.8 Å². The molecule has 0 bridgehead atoms. The van der Waals surface area contributed by atoms with E-state index >= 15 is 0 Å². The summed E-state index contributed by atoms with van der Waals surface area (Å²) in [5, 5.41) is 3.73. The molecule has 11 aromatic rings. The molecule has 0 aliphatic carbocycles. The highest BCUT2D eigenvalue weighted by Crippen LogP contribution is 2.42. The van der Waals surface area contributed by atoms with Crippen molar-refractivity contribution >= 4 is 65.8 Å². The number of nitrogens with zero attached hydrogens (tertiary/aromatic N) is 5. The number of fused-ring (bicyclic) bond motifs is 9. The van der Waals surface area contributed by atoms with E-state index < -0.39 is 6.98 Å². The van der Waals surface area contributed by atoms with Gasteiger partial charge in [-0.2, -0.15) is 0 Å². The minimum atomic E-state index is -2.52. The standard InChI is InChI=1S/C53H45N5O2/c1-52(2,3)33-27-34(53(4,5)6)29-36(28-33)57-32-56(44-20-11-12-21-45(44)57)35-15-14-16-37(30-35)59-38-23-24-41-47(31-38)58(51-54-42-18-9-10-19-43(42)55(51)7)46-26-25-40-39-17-8-13-22-48(39)60-50(40)49(41)46/h8-31H,1-7H3/i7D3. The molecule has 0 amide bonds. The van der Waals surface area contributed by atoms with Gasteiger partial charge in [0.05, 0.1) is 49.9 Å². The molecule has 0 atom stereocenters. The Bertz CT molecular complexity index is 3600. The number of imidazole rings is 2. The summed E-state index contributed by atoms with van der Waals surface area (Å²) >= 11 is 0. The molecular weight excluding hydrogens is 739 g/mol. The first kappa shape index (κ1) is 32.8. The second-order valence-electron chi connectivity index (χ2n) is 17.8. The molecule has 0 aliphatic rings. The van der Waals surface area contributed by atoms with Gasteiger partial charge in [-0.25, -0.2) is 4.98 Å². The SMILES string of the molecule is [2H]C([2H])([2H])n1c(-n2c3cc(Oc4cccc(-n5[c-][n+](-c6cc(C(C)(C)C)cc(C(C)(C)C)c6)c6ccccc65)c4)ccc3c3c4oc5ccccc5c4ccc32)nc2ccccc21. The smallest absolute Gasteiger partial charge is 0.269 e. The molecule has 0 saturated carbocycles. The Morgan fingerprint density at radius 3 is 2.15 bits per heavy atom. The van der Waals surface area contributed by atoms with E-state index in [0.717, 1.165) is 66.2 Å². The van der Waals surface area contributed by atoms with E-state index in [-0.39, 0.29) is 16.8 Å². The number of benzene rings is 7. The molecule has 7 nitrogen and oxygen atoms in total. The first-order valence-corrected chi connectivity index (χ1v) is 20.4. The van der Waals surface area contributed by atoms with Crippen LogP contribution in [0.5, 0.6) is 11.5 Å². The third kappa shape index (κ3) is 5.64. The van der Waals surface area contributed by atoms with E-state index in [4.69, 9.17) is 18.3 Å². The fourth-order valence-corrected chi connectivity index (χ4v) is 8.58. The van der Waals surface area contributed by atoms with E-state index in [0.29, 0.717) is 22.5 Å². The van der Waals surface area contributed by atoms with Gasteiger partial charge < -0.3 is 13.7 Å². The lowest BCUT2D eigenvalue weighted by Gasteiger charge is -2.26. The number of rotatable bonds is 5. The summed E-state index contributed by atoms with van der Waals surface area (Å²) in [5.74, 6) is 1.48. The zero-order valence-corrected chi connectivity index (χ0v) is 34.4. The van der Waals surface area contributed by atoms with Crippen LogP contribution in [0.3, 0.4) is 0 Å². The highest BCUT2D eigenvalue weighted by molar-refractivity contribution is 6.24. The molecule has 4 aromatic heterocycles. The molecule has 0 fully saturated rings. The van der Waals surface area contributed by atoms with Gasteiger partial charge >= 0.3 is 0 Å². The number of furan rings is 1. The maximum absolute atomic E-state index is 8.68. The van der Waals surface area contributed by atoms with Crippen molar-refractivity contribution in [2.24, 2.45) is 6.98 Å². The quantitative estimate of drug-likeness (QED) is 0.129. The Morgan fingerprint density at radius 2 is 1.35 bits per heavy atom. The van der Waals surface area contributed by atoms with E-state index in [9.17, 15) is 0 Å². The summed E-state index contributed by atoms with van der Waals surface area (Å²) in [6.45, 7) is 11.0. The molecule has 294 valence electrons. The summed E-state index contributed by atoms with van der Waals surface area (Å²) < 4.78 is 46.8. The fourth-order valence-electron chi connectivity index (χ4n) is 8.58. The third-order valence-electron chi connectivity index (χ3n) is 11.8. The monoisotopic (exact) mass is 786 g/mol. The molecule has 4 heterocycles. The van der Waals surface area contributed by atoms with E-state index in [2.05, 4.69) is 112 Å². The molecule has 0 spiro atoms. The van der Waals surface area contributed by atoms with E-state index in [1.165, 1.54) is 15.7 Å². The zero-order chi connectivity index (χ0) is 43.6. The maximum Gasteiger partial charge on any atom is 0.269 e. The second kappa shape index (κ2) is 12.9. The van der Waals surface area contributed by atoms with Gasteiger partial charge in [-0.05, 0) is 94.8 Å². The van der Waals surface area contributed by atoms with Gasteiger partial charge in [0.1, 0.15) is 22.7 Å². The Labute approximate surface area is 352 Å². The van der Waals surface area contributed by atoms with Crippen LogP contribution in [0.4, 0.5) is 0 Å². The molecule has 7 aromatic carbocycles. The van der Waals surface area contributed by atoms with E-state index in [1.54, 1.807) is 6.07 Å². The van der Waals surface area contributed by atoms with Crippen molar-refractivity contribution in [1.29, 1.82) is 0 Å². The lowest BCUT2D eigenvalue weighted by atomic mass is 9.80. The molecule has 0 unspecified atom stereocenters. The number of aromatic nitrogens is 5. The summed E-state index contributed by atoms with van der Waals surface area (Å²) in [4.78, 5) is 4.97. The predicted molar refractivity (Wildman–Crippen MR) is 243 cm³/mol. The molecule has 0 radical (unpaired) electrons. The van der Waals surface area contributed by atoms with Gasteiger partial charge in [0.2, 0.25) is 5.95 Å². The zero-order valence-electron chi connectivity index (χ0n) is 37.4. The van der Waals surface area contributed by atoms with Crippen LogP contribution in [0.25, 0.3) is 83.1 Å². The Balaban J connectivity index is 1.07. The molecule has 0 N–H and O–H groups in total. The molecular formula is C53H45N5O2. The lowest BCUT2D eigenvalue weighted by molar-refractivity contribution is -0.572. The normalized spacial score (nSPS) is 13.5. The summed E-state index contributed by atoms with van der Waals surface area (Å²) in [6.07, 6.45) is 3.70. The number of hydrogen-bond donors (Lipinski definition) is 0. The summed E-state index contributed by atoms with van der Waals surface area (Å²) in [6, 6.07) is 48.6. The Morgan fingerprint density at radius 1 is 0.633 bits per heavy atom. The van der Waals surface area contributed by atoms with Crippen LogP contribution in [0.15, 0.2) is 150 Å². The Kier molecular flexibility index (Phi) is 7.07. The largest absolute Gasteiger partial charge is 0.458 e. The minimum Gasteiger partial charge on any atom is -0.458 e. The van der Waals surface area contributed by atoms with Gasteiger partial charge in [-0.3, -0.25) is 13.7 Å². The predicted octanol–water partition coefficient (Wildman–Crippen LogP) is 13.0. The molecule has 0 aliphatic heterocycles. The van der Waals surface area contributed by atoms with Crippen molar-refractivity contribution in [2.45, 2.75) is 52.4 Å². The first-order chi connectivity index (χ1) is 30.1. The Hall–Kier alpha value is -7.12. The number of aryl methyl sites for hydroxylation is 1. The average molecular weight is 787 g/mol. The summed E-state index contributed by atoms with van der Waals surface area (Å²) in [7, 11) is 0. The van der Waals surface area contributed by atoms with Crippen molar-refractivity contribution in [3.63, 3.8) is 0 Å². The van der Waals surface area contributed by atoms with Crippen LogP contribution in [0.2, 0.25) is 0 Å². The van der Waals surface area contributed by atoms with Crippen molar-refractivity contribution in [2.75, 3.05) is 0 Å². The van der Waals surface area contributed by atoms with Gasteiger partial charge in [-0.1, -0.05) is 108 Å². The fraction of sp³-hybridized carbons (Fsp3) is 0.170. The van der Waals surface area contributed by atoms with Crippen LogP contribution < -0.4 is 9.30 Å². The van der Waals surface area contributed by atoms with Gasteiger partial charge in [0, 0.05) is 33.3 Å². The highest BCUT2D eigenvalue weighted by atomic mass is 16.5. The number of hydrogen-bond acceptors (Lipinski definition) is 3. The van der Waals surface area contributed by atoms with Crippen molar-refractivity contribution in [3.8, 4) is 28.8 Å². The molecule has 60 heavy (non-hydrogen) atoms. The number of para-hydroxylation sites is 5. The topological polar surface area (TPSA) is 53.9 Å². The average Bonchev–Trinajstić information content (AvgIpc) is 4.01. The van der Waals surface area contributed by atoms with Gasteiger partial charge in [0.15, 0.2) is 0 Å². The summed E-state index contributed by atoms with van der Waals surface area (Å²) in [5.41, 5.74) is 10.6. The van der Waals surface area contributed by atoms with Crippen LogP contribution in [-0.4, -0.2) is 18.7 Å². The van der Waals surface area contributed by atoms with Crippen molar-refractivity contribution in [1.82, 2.24) is 18.7 Å². The number of ether oxygens (including phenoxy) is 1. The van der Waals surface area contributed by atoms with Crippen LogP contribution in [0, 0.1) is 6.33 Å². The van der Waals surface area contributed by atoms with Crippen LogP contribution >= 0.6 is 0 Å². The van der Waals surface area contributed by atoms with Gasteiger partial charge in [0.25, 0.3) is 6.33 Å². The molecule has 7 heteroatoms. The lowest BCUT2D eigenvalue weighted by Crippen LogP contribution is -2.31. The molecule has 0 saturated heterocycles. The van der Waals surface area contributed by atoms with Gasteiger partial charge in [-0.15, -0.1) is 0 Å². The maximum atomic E-state index is 8.68. The second-order valence-corrected chi connectivity index (χ2v) is 17.8. The third-order valence-corrected chi connectivity index (χ3v) is 11.8. The van der Waals surface area contributed by atoms with E-state index in [1.807, 2.05) is 89.5 Å². The van der Waals surface area contributed by atoms with Crippen LogP contribution in [-0.2, 0) is 17.8 Å².